The van der Waals surface area contributed by atoms with E-state index in [1.807, 2.05) is 30.3 Å². The van der Waals surface area contributed by atoms with Crippen LogP contribution < -0.4 is 0 Å². The molecule has 0 aliphatic carbocycles. The summed E-state index contributed by atoms with van der Waals surface area (Å²) < 4.78 is 4.95. The molecule has 0 aromatic heterocycles. The van der Waals surface area contributed by atoms with Gasteiger partial charge in [0.1, 0.15) is 6.04 Å². The molecule has 1 aliphatic heterocycles. The van der Waals surface area contributed by atoms with E-state index in [2.05, 4.69) is 4.99 Å². The smallest absolute Gasteiger partial charge is 0.184 e. The van der Waals surface area contributed by atoms with Crippen LogP contribution in [0.4, 0.5) is 0 Å². The van der Waals surface area contributed by atoms with Crippen LogP contribution in [-0.4, -0.2) is 24.1 Å². The van der Waals surface area contributed by atoms with E-state index in [0.717, 1.165) is 5.56 Å². The molecule has 0 bridgehead atoms. The molecular weight excluding hydrogens is 238 g/mol. The maximum absolute atomic E-state index is 11.8. The minimum Gasteiger partial charge on any atom is -0.493 e. The van der Waals surface area contributed by atoms with Gasteiger partial charge in [-0.3, -0.25) is 9.79 Å². The second-order valence-electron chi connectivity index (χ2n) is 3.74. The first-order valence-corrected chi connectivity index (χ1v) is 5.65. The fraction of sp³-hybridized carbons (Fsp3) is 0.231. The van der Waals surface area contributed by atoms with Crippen molar-refractivity contribution in [2.75, 3.05) is 7.11 Å². The maximum Gasteiger partial charge on any atom is 0.184 e. The predicted octanol–water partition coefficient (Wildman–Crippen LogP) is 2.35. The van der Waals surface area contributed by atoms with Crippen molar-refractivity contribution in [3.63, 3.8) is 0 Å². The van der Waals surface area contributed by atoms with Gasteiger partial charge in [-0.25, -0.2) is 0 Å². The number of methoxy groups -OCH3 is 1. The second-order valence-corrected chi connectivity index (χ2v) is 4.10. The summed E-state index contributed by atoms with van der Waals surface area (Å²) in [6.07, 6.45) is 1.96. The molecule has 1 atom stereocenters. The van der Waals surface area contributed by atoms with Crippen molar-refractivity contribution in [2.45, 2.75) is 12.5 Å². The summed E-state index contributed by atoms with van der Waals surface area (Å²) in [6.45, 7) is 0. The van der Waals surface area contributed by atoms with Gasteiger partial charge in [-0.2, -0.15) is 0 Å². The molecule has 3 nitrogen and oxygen atoms in total. The van der Waals surface area contributed by atoms with Crippen LogP contribution in [0, 0.1) is 0 Å². The number of benzene rings is 1. The summed E-state index contributed by atoms with van der Waals surface area (Å²) in [6, 6.07) is 9.29. The van der Waals surface area contributed by atoms with Crippen molar-refractivity contribution in [3.05, 3.63) is 47.7 Å². The highest BCUT2D eigenvalue weighted by atomic mass is 35.5. The lowest BCUT2D eigenvalue weighted by atomic mass is 10.0. The van der Waals surface area contributed by atoms with Gasteiger partial charge in [0, 0.05) is 12.5 Å². The number of ether oxygens (including phenoxy) is 1. The molecule has 1 aliphatic rings. The molecule has 0 amide bonds. The van der Waals surface area contributed by atoms with Crippen molar-refractivity contribution in [1.82, 2.24) is 0 Å². The molecule has 0 saturated carbocycles. The Morgan fingerprint density at radius 2 is 2.06 bits per heavy atom. The van der Waals surface area contributed by atoms with Crippen molar-refractivity contribution >= 4 is 22.6 Å². The highest BCUT2D eigenvalue weighted by Gasteiger charge is 2.24. The van der Waals surface area contributed by atoms with E-state index in [1.165, 1.54) is 13.2 Å². The van der Waals surface area contributed by atoms with Crippen molar-refractivity contribution < 1.29 is 9.53 Å². The third-order valence-corrected chi connectivity index (χ3v) is 2.85. The molecule has 1 aromatic carbocycles. The molecule has 0 spiro atoms. The molecule has 0 radical (unpaired) electrons. The molecule has 0 saturated heterocycles. The first kappa shape index (κ1) is 11.9. The van der Waals surface area contributed by atoms with Gasteiger partial charge in [0.25, 0.3) is 0 Å². The van der Waals surface area contributed by atoms with E-state index in [1.54, 1.807) is 0 Å². The topological polar surface area (TPSA) is 38.7 Å². The SMILES string of the molecule is COC1=CC(=O)[C@H](Cc2ccccc2)N=C1Cl. The van der Waals surface area contributed by atoms with Crippen LogP contribution in [0.15, 0.2) is 47.2 Å². The number of halogens is 1. The zero-order valence-corrected chi connectivity index (χ0v) is 10.1. The first-order valence-electron chi connectivity index (χ1n) is 5.28. The van der Waals surface area contributed by atoms with Crippen LogP contribution in [0.2, 0.25) is 0 Å². The second kappa shape index (κ2) is 5.15. The Bertz CT molecular complexity index is 479. The Labute approximate surface area is 105 Å². The van der Waals surface area contributed by atoms with Gasteiger partial charge in [0.15, 0.2) is 16.7 Å². The number of hydrogen-bond donors (Lipinski definition) is 0. The first-order chi connectivity index (χ1) is 8.20. The van der Waals surface area contributed by atoms with Crippen molar-refractivity contribution in [1.29, 1.82) is 0 Å². The predicted molar refractivity (Wildman–Crippen MR) is 67.3 cm³/mol. The van der Waals surface area contributed by atoms with Gasteiger partial charge >= 0.3 is 0 Å². The molecule has 1 aromatic rings. The van der Waals surface area contributed by atoms with Gasteiger partial charge in [-0.1, -0.05) is 41.9 Å². The number of allylic oxidation sites excluding steroid dienone is 1. The van der Waals surface area contributed by atoms with E-state index in [4.69, 9.17) is 16.3 Å². The molecular formula is C13H12ClNO2. The van der Waals surface area contributed by atoms with E-state index >= 15 is 0 Å². The highest BCUT2D eigenvalue weighted by Crippen LogP contribution is 2.17. The van der Waals surface area contributed by atoms with Gasteiger partial charge in [-0.05, 0) is 5.56 Å². The summed E-state index contributed by atoms with van der Waals surface area (Å²) in [4.78, 5) is 15.9. The molecule has 17 heavy (non-hydrogen) atoms. The Kier molecular flexibility index (Phi) is 3.59. The lowest BCUT2D eigenvalue weighted by molar-refractivity contribution is -0.115. The number of carbonyl (C=O) groups is 1. The van der Waals surface area contributed by atoms with Crippen molar-refractivity contribution in [2.24, 2.45) is 4.99 Å². The normalized spacial score (nSPS) is 19.6. The fourth-order valence-electron chi connectivity index (χ4n) is 1.68. The zero-order chi connectivity index (χ0) is 12.3. The Morgan fingerprint density at radius 1 is 1.35 bits per heavy atom. The number of aliphatic imine (C=N–C) groups is 1. The Balaban J connectivity index is 2.15. The number of dihydropyridines is 1. The van der Waals surface area contributed by atoms with Crippen LogP contribution in [0.1, 0.15) is 5.56 Å². The third kappa shape index (κ3) is 2.74. The monoisotopic (exact) mass is 249 g/mol. The summed E-state index contributed by atoms with van der Waals surface area (Å²) >= 11 is 5.91. The standard InChI is InChI=1S/C13H12ClNO2/c1-17-12-8-11(16)10(15-13(12)14)7-9-5-3-2-4-6-9/h2-6,8,10H,7H2,1H3/t10-/m0/s1. The van der Waals surface area contributed by atoms with Crippen molar-refractivity contribution in [3.8, 4) is 0 Å². The van der Waals surface area contributed by atoms with Gasteiger partial charge in [0.2, 0.25) is 0 Å². The number of rotatable bonds is 3. The number of hydrogen-bond acceptors (Lipinski definition) is 3. The summed E-state index contributed by atoms with van der Waals surface area (Å²) in [5.74, 6) is 0.260. The number of nitrogens with zero attached hydrogens (tertiary/aromatic N) is 1. The van der Waals surface area contributed by atoms with Crippen LogP contribution >= 0.6 is 11.6 Å². The minimum atomic E-state index is -0.441. The molecule has 4 heteroatoms. The average Bonchev–Trinajstić information content (AvgIpc) is 2.34. The molecule has 0 N–H and O–H groups in total. The lowest BCUT2D eigenvalue weighted by Gasteiger charge is -2.16. The fourth-order valence-corrected chi connectivity index (χ4v) is 1.93. The van der Waals surface area contributed by atoms with E-state index in [-0.39, 0.29) is 11.0 Å². The van der Waals surface area contributed by atoms with E-state index < -0.39 is 6.04 Å². The van der Waals surface area contributed by atoms with Crippen LogP contribution in [0.5, 0.6) is 0 Å². The maximum atomic E-state index is 11.8. The third-order valence-electron chi connectivity index (χ3n) is 2.57. The molecule has 1 heterocycles. The van der Waals surface area contributed by atoms with E-state index in [0.29, 0.717) is 12.2 Å². The van der Waals surface area contributed by atoms with Gasteiger partial charge < -0.3 is 4.74 Å². The Hall–Kier alpha value is -1.61. The van der Waals surface area contributed by atoms with Gasteiger partial charge in [0.05, 0.1) is 7.11 Å². The van der Waals surface area contributed by atoms with Crippen LogP contribution in [0.3, 0.4) is 0 Å². The van der Waals surface area contributed by atoms with Crippen LogP contribution in [-0.2, 0) is 16.0 Å². The molecule has 2 rings (SSSR count). The quantitative estimate of drug-likeness (QED) is 0.825. The summed E-state index contributed by atoms with van der Waals surface area (Å²) in [5.41, 5.74) is 1.06. The summed E-state index contributed by atoms with van der Waals surface area (Å²) in [5, 5.41) is 0.257. The van der Waals surface area contributed by atoms with Crippen LogP contribution in [0.25, 0.3) is 0 Å². The number of ketones is 1. The molecule has 0 unspecified atom stereocenters. The summed E-state index contributed by atoms with van der Waals surface area (Å²) in [7, 11) is 1.47. The molecule has 0 fully saturated rings. The Morgan fingerprint density at radius 3 is 2.71 bits per heavy atom. The highest BCUT2D eigenvalue weighted by molar-refractivity contribution is 6.69. The minimum absolute atomic E-state index is 0.0740. The van der Waals surface area contributed by atoms with Gasteiger partial charge in [-0.15, -0.1) is 0 Å². The lowest BCUT2D eigenvalue weighted by Crippen LogP contribution is -2.25. The largest absolute Gasteiger partial charge is 0.493 e. The average molecular weight is 250 g/mol. The number of carbonyl (C=O) groups excluding carboxylic acids is 1. The molecule has 88 valence electrons. The zero-order valence-electron chi connectivity index (χ0n) is 9.39. The van der Waals surface area contributed by atoms with E-state index in [9.17, 15) is 4.79 Å².